The molecule has 26 heavy (non-hydrogen) atoms. The van der Waals surface area contributed by atoms with E-state index in [0.717, 1.165) is 16.3 Å². The van der Waals surface area contributed by atoms with E-state index in [1.165, 1.54) is 11.3 Å². The molecular weight excluding hydrogens is 368 g/mol. The summed E-state index contributed by atoms with van der Waals surface area (Å²) in [6, 6.07) is 16.8. The SMILES string of the molecule is O=C(Nc1nc(-c2cccs2)cs1)c1ccc(COc2ccccc2)o1. The first-order valence-corrected chi connectivity index (χ1v) is 9.61. The van der Waals surface area contributed by atoms with Crippen molar-refractivity contribution in [1.82, 2.24) is 4.98 Å². The van der Waals surface area contributed by atoms with Gasteiger partial charge in [0, 0.05) is 5.38 Å². The summed E-state index contributed by atoms with van der Waals surface area (Å²) < 4.78 is 11.2. The molecule has 0 atom stereocenters. The molecule has 4 aromatic rings. The fourth-order valence-corrected chi connectivity index (χ4v) is 3.74. The summed E-state index contributed by atoms with van der Waals surface area (Å²) >= 11 is 2.99. The Kier molecular flexibility index (Phi) is 4.81. The number of amides is 1. The van der Waals surface area contributed by atoms with Gasteiger partial charge in [0.15, 0.2) is 10.9 Å². The highest BCUT2D eigenvalue weighted by molar-refractivity contribution is 7.16. The van der Waals surface area contributed by atoms with E-state index in [2.05, 4.69) is 10.3 Å². The Morgan fingerprint density at radius 1 is 1.08 bits per heavy atom. The molecule has 0 aliphatic carbocycles. The largest absolute Gasteiger partial charge is 0.486 e. The number of nitrogens with one attached hydrogen (secondary N) is 1. The number of benzene rings is 1. The number of thiazole rings is 1. The summed E-state index contributed by atoms with van der Waals surface area (Å²) in [5.41, 5.74) is 0.858. The van der Waals surface area contributed by atoms with Gasteiger partial charge in [0.05, 0.1) is 10.6 Å². The lowest BCUT2D eigenvalue weighted by molar-refractivity contribution is 0.0992. The van der Waals surface area contributed by atoms with Gasteiger partial charge < -0.3 is 9.15 Å². The second-order valence-corrected chi connectivity index (χ2v) is 7.14. The second kappa shape index (κ2) is 7.55. The van der Waals surface area contributed by atoms with Gasteiger partial charge in [0.1, 0.15) is 18.1 Å². The maximum Gasteiger partial charge on any atom is 0.293 e. The van der Waals surface area contributed by atoms with Crippen molar-refractivity contribution in [3.63, 3.8) is 0 Å². The number of nitrogens with zero attached hydrogens (tertiary/aromatic N) is 1. The second-order valence-electron chi connectivity index (χ2n) is 5.34. The van der Waals surface area contributed by atoms with E-state index in [4.69, 9.17) is 9.15 Å². The lowest BCUT2D eigenvalue weighted by atomic mass is 10.3. The molecule has 1 N–H and O–H groups in total. The molecule has 5 nitrogen and oxygen atoms in total. The Morgan fingerprint density at radius 3 is 2.77 bits per heavy atom. The van der Waals surface area contributed by atoms with Crippen LogP contribution in [0, 0.1) is 0 Å². The average Bonchev–Trinajstić information content (AvgIpc) is 3.41. The summed E-state index contributed by atoms with van der Waals surface area (Å²) in [4.78, 5) is 17.8. The van der Waals surface area contributed by atoms with Gasteiger partial charge in [-0.1, -0.05) is 24.3 Å². The summed E-state index contributed by atoms with van der Waals surface area (Å²) in [5.74, 6) is 1.23. The zero-order chi connectivity index (χ0) is 17.8. The Bertz CT molecular complexity index is 991. The van der Waals surface area contributed by atoms with Gasteiger partial charge in [-0.15, -0.1) is 22.7 Å². The number of anilines is 1. The summed E-state index contributed by atoms with van der Waals surface area (Å²) in [6.45, 7) is 0.261. The lowest BCUT2D eigenvalue weighted by Gasteiger charge is -2.03. The number of ether oxygens (including phenoxy) is 1. The van der Waals surface area contributed by atoms with Crippen LogP contribution in [0.1, 0.15) is 16.3 Å². The summed E-state index contributed by atoms with van der Waals surface area (Å²) in [7, 11) is 0. The molecule has 0 fully saturated rings. The van der Waals surface area contributed by atoms with E-state index in [1.54, 1.807) is 23.5 Å². The molecule has 3 heterocycles. The number of hydrogen-bond acceptors (Lipinski definition) is 6. The zero-order valence-corrected chi connectivity index (χ0v) is 15.2. The highest BCUT2D eigenvalue weighted by atomic mass is 32.1. The van der Waals surface area contributed by atoms with Crippen molar-refractivity contribution in [1.29, 1.82) is 0 Å². The van der Waals surface area contributed by atoms with Gasteiger partial charge in [0.2, 0.25) is 0 Å². The van der Waals surface area contributed by atoms with Crippen LogP contribution in [0.15, 0.2) is 69.8 Å². The molecule has 0 unspecified atom stereocenters. The van der Waals surface area contributed by atoms with E-state index in [-0.39, 0.29) is 18.3 Å². The van der Waals surface area contributed by atoms with Crippen LogP contribution in [0.4, 0.5) is 5.13 Å². The molecule has 0 aliphatic rings. The maximum atomic E-state index is 12.3. The first-order chi connectivity index (χ1) is 12.8. The van der Waals surface area contributed by atoms with E-state index >= 15 is 0 Å². The smallest absolute Gasteiger partial charge is 0.293 e. The molecule has 0 radical (unpaired) electrons. The molecule has 0 spiro atoms. The predicted molar refractivity (Wildman–Crippen MR) is 103 cm³/mol. The van der Waals surface area contributed by atoms with E-state index in [9.17, 15) is 4.79 Å². The van der Waals surface area contributed by atoms with Gasteiger partial charge >= 0.3 is 0 Å². The van der Waals surface area contributed by atoms with Crippen LogP contribution in [0.25, 0.3) is 10.6 Å². The molecule has 0 saturated carbocycles. The van der Waals surface area contributed by atoms with Crippen LogP contribution in [0.2, 0.25) is 0 Å². The lowest BCUT2D eigenvalue weighted by Crippen LogP contribution is -2.10. The predicted octanol–water partition coefficient (Wildman–Crippen LogP) is 5.30. The third-order valence-electron chi connectivity index (χ3n) is 3.51. The molecule has 1 aromatic carbocycles. The van der Waals surface area contributed by atoms with Crippen molar-refractivity contribution < 1.29 is 13.9 Å². The Hall–Kier alpha value is -2.90. The molecule has 3 aromatic heterocycles. The highest BCUT2D eigenvalue weighted by Gasteiger charge is 2.14. The van der Waals surface area contributed by atoms with E-state index < -0.39 is 0 Å². The Labute approximate surface area is 157 Å². The topological polar surface area (TPSA) is 64.4 Å². The first kappa shape index (κ1) is 16.6. The molecule has 4 rings (SSSR count). The molecule has 7 heteroatoms. The molecule has 0 saturated heterocycles. The van der Waals surface area contributed by atoms with Crippen LogP contribution >= 0.6 is 22.7 Å². The van der Waals surface area contributed by atoms with Crippen LogP contribution in [-0.4, -0.2) is 10.9 Å². The summed E-state index contributed by atoms with van der Waals surface area (Å²) in [6.07, 6.45) is 0. The minimum Gasteiger partial charge on any atom is -0.486 e. The Morgan fingerprint density at radius 2 is 1.96 bits per heavy atom. The minimum atomic E-state index is -0.331. The van der Waals surface area contributed by atoms with Crippen molar-refractivity contribution in [3.05, 3.63) is 76.9 Å². The van der Waals surface area contributed by atoms with Gasteiger partial charge in [-0.05, 0) is 35.7 Å². The normalized spacial score (nSPS) is 10.6. The van der Waals surface area contributed by atoms with Crippen LogP contribution in [0.5, 0.6) is 5.75 Å². The molecule has 0 bridgehead atoms. The van der Waals surface area contributed by atoms with E-state index in [1.807, 2.05) is 53.2 Å². The maximum absolute atomic E-state index is 12.3. The number of carbonyl (C=O) groups excluding carboxylic acids is 1. The number of thiophene rings is 1. The standard InChI is InChI=1S/C19H14N2O3S2/c22-18(21-19-20-15(12-26-19)17-7-4-10-25-17)16-9-8-14(24-16)11-23-13-5-2-1-3-6-13/h1-10,12H,11H2,(H,20,21,22). The first-order valence-electron chi connectivity index (χ1n) is 7.85. The molecule has 0 aliphatic heterocycles. The number of aromatic nitrogens is 1. The number of rotatable bonds is 6. The summed E-state index contributed by atoms with van der Waals surface area (Å²) in [5, 5.41) is 7.22. The minimum absolute atomic E-state index is 0.226. The molecule has 130 valence electrons. The van der Waals surface area contributed by atoms with Gasteiger partial charge in [-0.3, -0.25) is 10.1 Å². The van der Waals surface area contributed by atoms with Crippen molar-refractivity contribution in [2.75, 3.05) is 5.32 Å². The monoisotopic (exact) mass is 382 g/mol. The van der Waals surface area contributed by atoms with Crippen LogP contribution < -0.4 is 10.1 Å². The van der Waals surface area contributed by atoms with Crippen LogP contribution in [-0.2, 0) is 6.61 Å². The molecular formula is C19H14N2O3S2. The number of hydrogen-bond donors (Lipinski definition) is 1. The van der Waals surface area contributed by atoms with Gasteiger partial charge in [-0.2, -0.15) is 0 Å². The number of para-hydroxylation sites is 1. The third-order valence-corrected chi connectivity index (χ3v) is 5.16. The van der Waals surface area contributed by atoms with Crippen molar-refractivity contribution >= 4 is 33.7 Å². The fraction of sp³-hybridized carbons (Fsp3) is 0.0526. The fourth-order valence-electron chi connectivity index (χ4n) is 2.28. The third kappa shape index (κ3) is 3.84. The number of furan rings is 1. The zero-order valence-electron chi connectivity index (χ0n) is 13.5. The quantitative estimate of drug-likeness (QED) is 0.492. The van der Waals surface area contributed by atoms with Crippen LogP contribution in [0.3, 0.4) is 0 Å². The average molecular weight is 382 g/mol. The molecule has 1 amide bonds. The van der Waals surface area contributed by atoms with Crippen molar-refractivity contribution in [2.45, 2.75) is 6.61 Å². The van der Waals surface area contributed by atoms with Gasteiger partial charge in [-0.25, -0.2) is 4.98 Å². The van der Waals surface area contributed by atoms with E-state index in [0.29, 0.717) is 10.9 Å². The van der Waals surface area contributed by atoms with Crippen molar-refractivity contribution in [2.24, 2.45) is 0 Å². The van der Waals surface area contributed by atoms with Gasteiger partial charge in [0.25, 0.3) is 5.91 Å². The Balaban J connectivity index is 1.37. The number of carbonyl (C=O) groups is 1. The van der Waals surface area contributed by atoms with Crippen molar-refractivity contribution in [3.8, 4) is 16.3 Å². The highest BCUT2D eigenvalue weighted by Crippen LogP contribution is 2.28.